The molecule has 0 bridgehead atoms. The van der Waals surface area contributed by atoms with Gasteiger partial charge in [0, 0.05) is 46.8 Å². The highest BCUT2D eigenvalue weighted by molar-refractivity contribution is 8.08. The van der Waals surface area contributed by atoms with Crippen molar-refractivity contribution in [2.45, 2.75) is 11.7 Å². The third-order valence-electron chi connectivity index (χ3n) is 21.8. The van der Waals surface area contributed by atoms with E-state index in [2.05, 4.69) is 369 Å². The number of para-hydroxylation sites is 1. The van der Waals surface area contributed by atoms with Crippen molar-refractivity contribution in [1.82, 2.24) is 4.57 Å². The van der Waals surface area contributed by atoms with E-state index in [9.17, 15) is 0 Å². The second kappa shape index (κ2) is 24.2. The molecular formula is C100H63NS2. The summed E-state index contributed by atoms with van der Waals surface area (Å²) in [6.07, 6.45) is 3.40. The minimum atomic E-state index is 0.233. The Balaban J connectivity index is 0.973. The van der Waals surface area contributed by atoms with E-state index in [0.29, 0.717) is 0 Å². The van der Waals surface area contributed by atoms with Crippen molar-refractivity contribution in [3.05, 3.63) is 375 Å². The number of rotatable bonds is 11. The predicted molar refractivity (Wildman–Crippen MR) is 445 cm³/mol. The van der Waals surface area contributed by atoms with E-state index in [1.54, 1.807) is 0 Å². The monoisotopic (exact) mass is 1340 g/mol. The summed E-state index contributed by atoms with van der Waals surface area (Å²) in [6.45, 7) is 0. The molecule has 0 amide bonds. The molecule has 3 heteroatoms. The molecular weight excluding hydrogens is 1280 g/mol. The van der Waals surface area contributed by atoms with Gasteiger partial charge >= 0.3 is 0 Å². The molecule has 20 aromatic rings. The molecule has 1 atom stereocenters. The van der Waals surface area contributed by atoms with Gasteiger partial charge in [-0.1, -0.05) is 322 Å². The minimum absolute atomic E-state index is 0.233. The first-order chi connectivity index (χ1) is 51.2. The van der Waals surface area contributed by atoms with Crippen LogP contribution in [0.15, 0.2) is 364 Å². The Bertz CT molecular complexity index is 6800. The molecule has 0 aliphatic carbocycles. The lowest BCUT2D eigenvalue weighted by atomic mass is 9.73. The molecule has 21 rings (SSSR count). The lowest BCUT2D eigenvalue weighted by molar-refractivity contribution is 0.991. The summed E-state index contributed by atoms with van der Waals surface area (Å²) in [7, 11) is 0. The minimum Gasteiger partial charge on any atom is -0.309 e. The van der Waals surface area contributed by atoms with Gasteiger partial charge < -0.3 is 4.57 Å². The Morgan fingerprint density at radius 2 is 0.602 bits per heavy atom. The zero-order chi connectivity index (χ0) is 67.6. The second-order valence-corrected chi connectivity index (χ2v) is 29.7. The Morgan fingerprint density at radius 3 is 1.09 bits per heavy atom. The van der Waals surface area contributed by atoms with Gasteiger partial charge in [0.1, 0.15) is 0 Å². The number of hydrogen-bond acceptors (Lipinski definition) is 2. The Morgan fingerprint density at radius 1 is 0.233 bits per heavy atom. The number of thioether (sulfide) groups is 1. The normalized spacial score (nSPS) is 13.3. The van der Waals surface area contributed by atoms with Crippen molar-refractivity contribution in [2.75, 3.05) is 0 Å². The van der Waals surface area contributed by atoms with Crippen LogP contribution in [0.25, 0.3) is 195 Å². The summed E-state index contributed by atoms with van der Waals surface area (Å²) >= 11 is 3.88. The van der Waals surface area contributed by atoms with Crippen LogP contribution in [0.2, 0.25) is 0 Å². The van der Waals surface area contributed by atoms with Crippen LogP contribution in [-0.4, -0.2) is 4.57 Å². The molecule has 3 heterocycles. The van der Waals surface area contributed by atoms with Gasteiger partial charge in [-0.25, -0.2) is 0 Å². The fourth-order valence-corrected chi connectivity index (χ4v) is 20.0. The number of aromatic nitrogens is 1. The number of hydrogen-bond donors (Lipinski definition) is 0. The van der Waals surface area contributed by atoms with Gasteiger partial charge in [-0.3, -0.25) is 0 Å². The van der Waals surface area contributed by atoms with Crippen LogP contribution in [0.4, 0.5) is 0 Å². The van der Waals surface area contributed by atoms with Gasteiger partial charge in [-0.15, -0.1) is 23.1 Å². The van der Waals surface area contributed by atoms with Crippen LogP contribution in [0, 0.1) is 0 Å². The highest BCUT2D eigenvalue weighted by Crippen LogP contribution is 2.61. The van der Waals surface area contributed by atoms with Gasteiger partial charge in [-0.2, -0.15) is 0 Å². The average Bonchev–Trinajstić information content (AvgIpc) is 1.39. The maximum Gasteiger partial charge on any atom is 0.0555 e. The molecule has 0 N–H and O–H groups in total. The number of fused-ring (bicyclic) bond motifs is 12. The highest BCUT2D eigenvalue weighted by atomic mass is 32.2. The van der Waals surface area contributed by atoms with Crippen molar-refractivity contribution in [1.29, 1.82) is 0 Å². The number of nitrogens with zero attached hydrogens (tertiary/aromatic N) is 1. The third kappa shape index (κ3) is 9.40. The van der Waals surface area contributed by atoms with Crippen LogP contribution < -0.4 is 0 Å². The zero-order valence-electron chi connectivity index (χ0n) is 56.2. The lowest BCUT2D eigenvalue weighted by Crippen LogP contribution is -2.02. The Hall–Kier alpha value is -12.4. The largest absolute Gasteiger partial charge is 0.309 e. The van der Waals surface area contributed by atoms with Crippen LogP contribution >= 0.6 is 23.1 Å². The molecule has 0 saturated heterocycles. The van der Waals surface area contributed by atoms with Crippen LogP contribution in [0.3, 0.4) is 0 Å². The van der Waals surface area contributed by atoms with Gasteiger partial charge in [0.05, 0.1) is 11.0 Å². The quantitative estimate of drug-likeness (QED) is 0.0923. The fourth-order valence-electron chi connectivity index (χ4n) is 17.6. The average molecular weight is 1340 g/mol. The van der Waals surface area contributed by atoms with E-state index in [4.69, 9.17) is 0 Å². The van der Waals surface area contributed by atoms with E-state index < -0.39 is 0 Å². The molecule has 18 aromatic carbocycles. The molecule has 103 heavy (non-hydrogen) atoms. The molecule has 0 fully saturated rings. The molecule has 0 saturated carbocycles. The van der Waals surface area contributed by atoms with Crippen molar-refractivity contribution < 1.29 is 0 Å². The van der Waals surface area contributed by atoms with Crippen molar-refractivity contribution >= 4 is 124 Å². The van der Waals surface area contributed by atoms with Crippen LogP contribution in [0.1, 0.15) is 22.8 Å². The standard InChI is InChI=1S/C100H63NS2/c1-8-30-62(31-9-1)83-56-57-84(102-83)69-44-26-45-70(58-69)93-89(65-36-14-4-15-37-65)90(66-38-16-5-17-39-66)94(71-46-27-47-72(59-71)101-81-54-24-22-48-73(81)79-60-80-74-49-23-25-55-85(74)103-86(80)61-82(79)101)100-78-53-29-51-76-96(78)95-75(50-28-52-77(95)99(93)100)97-91(67-40-18-6-19-41-67)87(63-32-10-2-11-33-63)88(64-34-12-3-13-35-64)92(98(76)97)68-42-20-7-21-43-68/h1-56,58-61,84H,57H2. The first kappa shape index (κ1) is 59.5. The topological polar surface area (TPSA) is 4.93 Å². The molecule has 1 nitrogen and oxygen atoms in total. The Labute approximate surface area is 605 Å². The van der Waals surface area contributed by atoms with Gasteiger partial charge in [-0.05, 0) is 203 Å². The van der Waals surface area contributed by atoms with E-state index in [-0.39, 0.29) is 5.25 Å². The molecule has 2 aromatic heterocycles. The smallest absolute Gasteiger partial charge is 0.0555 e. The first-order valence-corrected chi connectivity index (χ1v) is 37.4. The van der Waals surface area contributed by atoms with Crippen molar-refractivity contribution in [2.24, 2.45) is 0 Å². The van der Waals surface area contributed by atoms with Gasteiger partial charge in [0.2, 0.25) is 0 Å². The summed E-state index contributed by atoms with van der Waals surface area (Å²) in [6, 6.07) is 135. The second-order valence-electron chi connectivity index (χ2n) is 27.4. The highest BCUT2D eigenvalue weighted by Gasteiger charge is 2.33. The lowest BCUT2D eigenvalue weighted by Gasteiger charge is -2.29. The van der Waals surface area contributed by atoms with Crippen molar-refractivity contribution in [3.8, 4) is 94.7 Å². The maximum atomic E-state index is 2.56. The van der Waals surface area contributed by atoms with Gasteiger partial charge in [0.25, 0.3) is 0 Å². The fraction of sp³-hybridized carbons (Fsp3) is 0.0200. The summed E-state index contributed by atoms with van der Waals surface area (Å²) in [5.41, 5.74) is 25.1. The summed E-state index contributed by atoms with van der Waals surface area (Å²) < 4.78 is 5.13. The molecule has 480 valence electrons. The molecule has 1 unspecified atom stereocenters. The van der Waals surface area contributed by atoms with Gasteiger partial charge in [0.15, 0.2) is 0 Å². The maximum absolute atomic E-state index is 2.56. The number of thiophene rings is 1. The van der Waals surface area contributed by atoms with E-state index in [0.717, 1.165) is 28.8 Å². The van der Waals surface area contributed by atoms with Crippen LogP contribution in [0.5, 0.6) is 0 Å². The molecule has 0 radical (unpaired) electrons. The Kier molecular flexibility index (Phi) is 14.0. The summed E-state index contributed by atoms with van der Waals surface area (Å²) in [4.78, 5) is 1.34. The zero-order valence-corrected chi connectivity index (χ0v) is 57.8. The molecule has 0 spiro atoms. The predicted octanol–water partition coefficient (Wildman–Crippen LogP) is 28.9. The third-order valence-corrected chi connectivity index (χ3v) is 24.3. The summed E-state index contributed by atoms with van der Waals surface area (Å²) in [5.74, 6) is 0. The molecule has 1 aliphatic heterocycles. The summed E-state index contributed by atoms with van der Waals surface area (Å²) in [5, 5.41) is 17.7. The SMILES string of the molecule is C1=C(c2ccccc2)SC(c2cccc(-c3c(-c4ccccc4)c(-c4ccccc4)c(-c4cccc(-n5c6ccccc6c6cc7c(cc65)sc5ccccc57)c4)c4c5cccc6c7c(-c8ccccc8)c(-c8ccccc8)c(-c8ccccc8)c(-c8ccccc8)c7c7cccc(c34)c7c65)c2)C1. The number of benzene rings is 18. The number of allylic oxidation sites excluding steroid dienone is 1. The van der Waals surface area contributed by atoms with E-state index >= 15 is 0 Å². The molecule has 1 aliphatic rings. The first-order valence-electron chi connectivity index (χ1n) is 35.7. The van der Waals surface area contributed by atoms with E-state index in [1.807, 2.05) is 23.1 Å². The van der Waals surface area contributed by atoms with Crippen LogP contribution in [-0.2, 0) is 0 Å². The van der Waals surface area contributed by atoms with Crippen molar-refractivity contribution in [3.63, 3.8) is 0 Å². The van der Waals surface area contributed by atoms with E-state index in [1.165, 1.54) is 184 Å².